The van der Waals surface area contributed by atoms with E-state index in [4.69, 9.17) is 4.42 Å². The predicted molar refractivity (Wildman–Crippen MR) is 74.2 cm³/mol. The van der Waals surface area contributed by atoms with Gasteiger partial charge in [0.15, 0.2) is 0 Å². The number of nitrogens with one attached hydrogen (secondary N) is 1. The number of carbonyl (C=O) groups excluding carboxylic acids is 1. The van der Waals surface area contributed by atoms with Crippen LogP contribution in [0.1, 0.15) is 23.9 Å². The van der Waals surface area contributed by atoms with E-state index >= 15 is 0 Å². The lowest BCUT2D eigenvalue weighted by Gasteiger charge is -2.23. The van der Waals surface area contributed by atoms with Crippen molar-refractivity contribution in [1.29, 1.82) is 5.26 Å². The molecule has 2 rings (SSSR count). The molecule has 19 heavy (non-hydrogen) atoms. The van der Waals surface area contributed by atoms with Crippen LogP contribution in [0.15, 0.2) is 39.8 Å². The molecule has 1 aromatic heterocycles. The smallest absolute Gasteiger partial charge is 0.225 e. The first-order valence-corrected chi connectivity index (χ1v) is 6.88. The van der Waals surface area contributed by atoms with Crippen molar-refractivity contribution in [1.82, 2.24) is 5.32 Å². The number of amides is 1. The van der Waals surface area contributed by atoms with Gasteiger partial charge in [-0.25, -0.2) is 0 Å². The molecule has 0 fully saturated rings. The monoisotopic (exact) mass is 274 g/mol. The molecule has 0 spiro atoms. The molecule has 4 nitrogen and oxygen atoms in total. The summed E-state index contributed by atoms with van der Waals surface area (Å²) in [6.45, 7) is 5.48. The average Bonchev–Trinajstić information content (AvgIpc) is 2.82. The van der Waals surface area contributed by atoms with E-state index in [9.17, 15) is 10.1 Å². The molecular weight excluding hydrogens is 260 g/mol. The zero-order valence-corrected chi connectivity index (χ0v) is 11.4. The van der Waals surface area contributed by atoms with Gasteiger partial charge < -0.3 is 9.73 Å². The summed E-state index contributed by atoms with van der Waals surface area (Å²) < 4.78 is 5.56. The number of hydrogen-bond donors (Lipinski definition) is 1. The Bertz CT molecular complexity index is 581. The molecule has 2 heterocycles. The Balaban J connectivity index is 2.38. The minimum absolute atomic E-state index is 0.0929. The summed E-state index contributed by atoms with van der Waals surface area (Å²) in [7, 11) is 0. The molecule has 1 atom stereocenters. The summed E-state index contributed by atoms with van der Waals surface area (Å²) in [6.07, 6.45) is 1.98. The van der Waals surface area contributed by atoms with E-state index in [2.05, 4.69) is 18.0 Å². The van der Waals surface area contributed by atoms with Gasteiger partial charge in [0.1, 0.15) is 11.5 Å². The highest BCUT2D eigenvalue weighted by molar-refractivity contribution is 8.03. The Kier molecular flexibility index (Phi) is 4.13. The van der Waals surface area contributed by atoms with Crippen LogP contribution in [0.25, 0.3) is 0 Å². The van der Waals surface area contributed by atoms with Gasteiger partial charge in [0.25, 0.3) is 0 Å². The lowest BCUT2D eigenvalue weighted by Crippen LogP contribution is -2.30. The van der Waals surface area contributed by atoms with Crippen LogP contribution >= 0.6 is 11.8 Å². The quantitative estimate of drug-likeness (QED) is 0.857. The Morgan fingerprint density at radius 1 is 1.68 bits per heavy atom. The van der Waals surface area contributed by atoms with Crippen LogP contribution in [0.3, 0.4) is 0 Å². The Labute approximate surface area is 116 Å². The molecule has 1 amide bonds. The molecule has 0 unspecified atom stereocenters. The van der Waals surface area contributed by atoms with Crippen molar-refractivity contribution in [2.45, 2.75) is 19.3 Å². The largest absolute Gasteiger partial charge is 0.466 e. The predicted octanol–water partition coefficient (Wildman–Crippen LogP) is 2.85. The molecule has 0 bridgehead atoms. The van der Waals surface area contributed by atoms with Gasteiger partial charge in [-0.2, -0.15) is 5.26 Å². The number of thioether (sulfide) groups is 1. The first-order chi connectivity index (χ1) is 9.15. The lowest BCUT2D eigenvalue weighted by atomic mass is 9.92. The topological polar surface area (TPSA) is 66.0 Å². The summed E-state index contributed by atoms with van der Waals surface area (Å²) >= 11 is 1.40. The zero-order chi connectivity index (χ0) is 13.8. The highest BCUT2D eigenvalue weighted by Gasteiger charge is 2.31. The fraction of sp³-hybridized carbons (Fsp3) is 0.286. The van der Waals surface area contributed by atoms with Crippen LogP contribution in [0.4, 0.5) is 0 Å². The SMILES string of the molecule is C=CCSC1=C(C#N)[C@H](c2ccc(C)o2)CC(=O)N1. The van der Waals surface area contributed by atoms with Gasteiger partial charge in [0.2, 0.25) is 5.91 Å². The van der Waals surface area contributed by atoms with Crippen LogP contribution in [0.2, 0.25) is 0 Å². The number of allylic oxidation sites excluding steroid dienone is 1. The molecule has 1 N–H and O–H groups in total. The molecule has 1 aromatic rings. The molecule has 0 radical (unpaired) electrons. The normalized spacial score (nSPS) is 18.9. The number of nitriles is 1. The number of rotatable bonds is 4. The van der Waals surface area contributed by atoms with E-state index in [0.29, 0.717) is 22.1 Å². The number of hydrogen-bond acceptors (Lipinski definition) is 4. The second-order valence-electron chi connectivity index (χ2n) is 4.21. The Morgan fingerprint density at radius 3 is 3.05 bits per heavy atom. The van der Waals surface area contributed by atoms with Crippen molar-refractivity contribution in [3.8, 4) is 6.07 Å². The summed E-state index contributed by atoms with van der Waals surface area (Å²) in [5.41, 5.74) is 0.556. The van der Waals surface area contributed by atoms with E-state index in [1.165, 1.54) is 11.8 Å². The van der Waals surface area contributed by atoms with E-state index in [-0.39, 0.29) is 18.2 Å². The fourth-order valence-electron chi connectivity index (χ4n) is 1.96. The van der Waals surface area contributed by atoms with Crippen molar-refractivity contribution in [3.63, 3.8) is 0 Å². The first-order valence-electron chi connectivity index (χ1n) is 5.90. The van der Waals surface area contributed by atoms with Crippen molar-refractivity contribution < 1.29 is 9.21 Å². The fourth-order valence-corrected chi connectivity index (χ4v) is 2.77. The highest BCUT2D eigenvalue weighted by Crippen LogP contribution is 2.36. The maximum absolute atomic E-state index is 11.8. The summed E-state index contributed by atoms with van der Waals surface area (Å²) in [5, 5.41) is 12.7. The number of furan rings is 1. The molecule has 0 saturated carbocycles. The van der Waals surface area contributed by atoms with E-state index < -0.39 is 0 Å². The number of carbonyl (C=O) groups is 1. The zero-order valence-electron chi connectivity index (χ0n) is 10.6. The maximum Gasteiger partial charge on any atom is 0.225 e. The average molecular weight is 274 g/mol. The van der Waals surface area contributed by atoms with Crippen molar-refractivity contribution in [2.75, 3.05) is 5.75 Å². The van der Waals surface area contributed by atoms with Crippen molar-refractivity contribution in [2.24, 2.45) is 0 Å². The third kappa shape index (κ3) is 2.91. The van der Waals surface area contributed by atoms with Gasteiger partial charge in [0, 0.05) is 12.2 Å². The maximum atomic E-state index is 11.8. The summed E-state index contributed by atoms with van der Waals surface area (Å²) in [4.78, 5) is 11.8. The van der Waals surface area contributed by atoms with E-state index in [0.717, 1.165) is 5.76 Å². The van der Waals surface area contributed by atoms with Crippen LogP contribution in [-0.4, -0.2) is 11.7 Å². The molecule has 0 aromatic carbocycles. The van der Waals surface area contributed by atoms with Crippen LogP contribution in [0.5, 0.6) is 0 Å². The third-order valence-electron chi connectivity index (χ3n) is 2.81. The van der Waals surface area contributed by atoms with E-state index in [1.54, 1.807) is 6.08 Å². The van der Waals surface area contributed by atoms with Gasteiger partial charge >= 0.3 is 0 Å². The molecular formula is C14H14N2O2S. The molecule has 1 aliphatic heterocycles. The molecule has 5 heteroatoms. The van der Waals surface area contributed by atoms with Crippen molar-refractivity contribution in [3.05, 3.63) is 46.9 Å². The minimum Gasteiger partial charge on any atom is -0.466 e. The second-order valence-corrected chi connectivity index (χ2v) is 5.24. The minimum atomic E-state index is -0.292. The Morgan fingerprint density at radius 2 is 2.47 bits per heavy atom. The summed E-state index contributed by atoms with van der Waals surface area (Å²) in [5.74, 6) is 1.70. The lowest BCUT2D eigenvalue weighted by molar-refractivity contribution is -0.120. The molecule has 98 valence electrons. The van der Waals surface area contributed by atoms with E-state index in [1.807, 2.05) is 19.1 Å². The summed E-state index contributed by atoms with van der Waals surface area (Å²) in [6, 6.07) is 5.86. The number of aryl methyl sites for hydroxylation is 1. The Hall–Kier alpha value is -1.93. The third-order valence-corrected chi connectivity index (χ3v) is 3.82. The first kappa shape index (κ1) is 13.5. The standard InChI is InChI=1S/C14H14N2O2S/c1-3-6-19-14-11(8-15)10(7-13(17)16-14)12-5-4-9(2)18-12/h3-5,10H,1,6-7H2,2H3,(H,16,17)/t10-/m1/s1. The molecule has 1 aliphatic rings. The van der Waals surface area contributed by atoms with Gasteiger partial charge in [-0.3, -0.25) is 4.79 Å². The highest BCUT2D eigenvalue weighted by atomic mass is 32.2. The van der Waals surface area contributed by atoms with Crippen LogP contribution in [-0.2, 0) is 4.79 Å². The van der Waals surface area contributed by atoms with Crippen LogP contribution < -0.4 is 5.32 Å². The molecule has 0 saturated heterocycles. The van der Waals surface area contributed by atoms with Gasteiger partial charge in [0.05, 0.1) is 22.6 Å². The number of nitrogens with zero attached hydrogens (tertiary/aromatic N) is 1. The second kappa shape index (κ2) is 5.81. The van der Waals surface area contributed by atoms with Gasteiger partial charge in [-0.15, -0.1) is 18.3 Å². The van der Waals surface area contributed by atoms with Crippen molar-refractivity contribution >= 4 is 17.7 Å². The molecule has 0 aliphatic carbocycles. The van der Waals surface area contributed by atoms with Gasteiger partial charge in [-0.1, -0.05) is 6.08 Å². The van der Waals surface area contributed by atoms with Gasteiger partial charge in [-0.05, 0) is 19.1 Å². The van der Waals surface area contributed by atoms with Crippen LogP contribution in [0, 0.1) is 18.3 Å².